The topological polar surface area (TPSA) is 70.6 Å². The van der Waals surface area contributed by atoms with Gasteiger partial charge in [0, 0.05) is 33.0 Å². The molecule has 1 aromatic heterocycles. The Kier molecular flexibility index (Phi) is 6.77. The van der Waals surface area contributed by atoms with Crippen LogP contribution in [-0.4, -0.2) is 48.2 Å². The highest BCUT2D eigenvalue weighted by atomic mass is 19.1. The van der Waals surface area contributed by atoms with Gasteiger partial charge in [0.1, 0.15) is 11.9 Å². The number of rotatable bonds is 6. The monoisotopic (exact) mass is 441 g/mol. The molecule has 2 fully saturated rings. The van der Waals surface area contributed by atoms with Crippen molar-refractivity contribution in [1.29, 1.82) is 0 Å². The van der Waals surface area contributed by atoms with Crippen molar-refractivity contribution in [3.05, 3.63) is 41.8 Å². The van der Waals surface area contributed by atoms with Crippen LogP contribution < -0.4 is 19.9 Å². The van der Waals surface area contributed by atoms with Gasteiger partial charge in [0.2, 0.25) is 11.9 Å². The van der Waals surface area contributed by atoms with Crippen molar-refractivity contribution >= 4 is 17.7 Å². The summed E-state index contributed by atoms with van der Waals surface area (Å²) < 4.78 is 20.7. The molecular weight excluding hydrogens is 409 g/mol. The molecule has 172 valence electrons. The Hall–Kier alpha value is -2.90. The standard InChI is InChI=1S/C24H32FN5O2/c1-16-5-4-11-30(14-16)24-26-13-22(25)23(28-24)29-12-10-21(15-29)32-20-8-6-19(7-9-20)17(2)27-18(3)31/h6-9,13,16-17,21H,4-5,10-12,14-15H2,1-3H3,(H,27,31)/t16?,17-,21+/m0/s1. The third-order valence-corrected chi connectivity index (χ3v) is 6.20. The zero-order valence-corrected chi connectivity index (χ0v) is 19.1. The summed E-state index contributed by atoms with van der Waals surface area (Å²) in [6, 6.07) is 7.69. The number of carbonyl (C=O) groups is 1. The molecule has 0 bridgehead atoms. The third-order valence-electron chi connectivity index (χ3n) is 6.20. The van der Waals surface area contributed by atoms with Gasteiger partial charge in [0.05, 0.1) is 18.8 Å². The fourth-order valence-corrected chi connectivity index (χ4v) is 4.53. The number of aromatic nitrogens is 2. The summed E-state index contributed by atoms with van der Waals surface area (Å²) in [4.78, 5) is 24.2. The molecule has 1 aromatic carbocycles. The van der Waals surface area contributed by atoms with E-state index >= 15 is 0 Å². The molecule has 3 heterocycles. The first kappa shape index (κ1) is 22.3. The van der Waals surface area contributed by atoms with Crippen molar-refractivity contribution in [3.8, 4) is 5.75 Å². The molecule has 2 aromatic rings. The van der Waals surface area contributed by atoms with E-state index in [1.165, 1.54) is 19.5 Å². The second-order valence-electron chi connectivity index (χ2n) is 9.00. The molecule has 1 unspecified atom stereocenters. The molecule has 3 atom stereocenters. The fraction of sp³-hybridized carbons (Fsp3) is 0.542. The molecule has 2 aliphatic heterocycles. The maximum Gasteiger partial charge on any atom is 0.227 e. The zero-order chi connectivity index (χ0) is 22.7. The van der Waals surface area contributed by atoms with Gasteiger partial charge in [0.25, 0.3) is 0 Å². The quantitative estimate of drug-likeness (QED) is 0.737. The van der Waals surface area contributed by atoms with Crippen LogP contribution in [0.1, 0.15) is 51.6 Å². The summed E-state index contributed by atoms with van der Waals surface area (Å²) >= 11 is 0. The first-order valence-electron chi connectivity index (χ1n) is 11.4. The number of benzene rings is 1. The highest BCUT2D eigenvalue weighted by molar-refractivity contribution is 5.73. The Morgan fingerprint density at radius 1 is 1.19 bits per heavy atom. The van der Waals surface area contributed by atoms with E-state index in [0.29, 0.717) is 30.8 Å². The molecule has 2 saturated heterocycles. The fourth-order valence-electron chi connectivity index (χ4n) is 4.53. The van der Waals surface area contributed by atoms with Gasteiger partial charge < -0.3 is 19.9 Å². The number of nitrogens with zero attached hydrogens (tertiary/aromatic N) is 4. The summed E-state index contributed by atoms with van der Waals surface area (Å²) in [7, 11) is 0. The Morgan fingerprint density at radius 3 is 2.69 bits per heavy atom. The number of nitrogens with one attached hydrogen (secondary N) is 1. The van der Waals surface area contributed by atoms with Crippen molar-refractivity contribution < 1.29 is 13.9 Å². The van der Waals surface area contributed by atoms with Crippen LogP contribution in [0.4, 0.5) is 16.2 Å². The predicted octanol–water partition coefficient (Wildman–Crippen LogP) is 3.71. The van der Waals surface area contributed by atoms with E-state index in [4.69, 9.17) is 4.74 Å². The van der Waals surface area contributed by atoms with Gasteiger partial charge in [-0.15, -0.1) is 0 Å². The summed E-state index contributed by atoms with van der Waals surface area (Å²) in [5, 5.41) is 2.87. The van der Waals surface area contributed by atoms with Gasteiger partial charge in [-0.25, -0.2) is 9.37 Å². The summed E-state index contributed by atoms with van der Waals surface area (Å²) in [5.74, 6) is 1.88. The summed E-state index contributed by atoms with van der Waals surface area (Å²) in [6.07, 6.45) is 4.37. The lowest BCUT2D eigenvalue weighted by atomic mass is 10.0. The number of ether oxygens (including phenoxy) is 1. The molecule has 0 radical (unpaired) electrons. The second-order valence-corrected chi connectivity index (χ2v) is 9.00. The summed E-state index contributed by atoms with van der Waals surface area (Å²) in [6.45, 7) is 8.77. The van der Waals surface area contributed by atoms with Crippen molar-refractivity contribution in [2.24, 2.45) is 5.92 Å². The number of anilines is 2. The Balaban J connectivity index is 1.38. The van der Waals surface area contributed by atoms with Gasteiger partial charge in [-0.05, 0) is 43.4 Å². The smallest absolute Gasteiger partial charge is 0.227 e. The van der Waals surface area contributed by atoms with Crippen LogP contribution in [0, 0.1) is 11.7 Å². The van der Waals surface area contributed by atoms with E-state index < -0.39 is 5.82 Å². The van der Waals surface area contributed by atoms with Crippen molar-refractivity contribution in [2.75, 3.05) is 36.0 Å². The van der Waals surface area contributed by atoms with Crippen LogP contribution in [0.15, 0.2) is 30.5 Å². The highest BCUT2D eigenvalue weighted by Crippen LogP contribution is 2.27. The van der Waals surface area contributed by atoms with Crippen LogP contribution in [0.2, 0.25) is 0 Å². The van der Waals surface area contributed by atoms with E-state index in [0.717, 1.165) is 37.2 Å². The van der Waals surface area contributed by atoms with E-state index in [1.54, 1.807) is 0 Å². The first-order chi connectivity index (χ1) is 15.4. The second kappa shape index (κ2) is 9.71. The molecule has 1 N–H and O–H groups in total. The van der Waals surface area contributed by atoms with Crippen molar-refractivity contribution in [2.45, 2.75) is 52.2 Å². The maximum absolute atomic E-state index is 14.6. The lowest BCUT2D eigenvalue weighted by molar-refractivity contribution is -0.119. The molecule has 4 rings (SSSR count). The van der Waals surface area contributed by atoms with Crippen LogP contribution >= 0.6 is 0 Å². The van der Waals surface area contributed by atoms with E-state index in [1.807, 2.05) is 36.1 Å². The Bertz CT molecular complexity index is 938. The van der Waals surface area contributed by atoms with Crippen LogP contribution in [0.3, 0.4) is 0 Å². The minimum atomic E-state index is -0.393. The largest absolute Gasteiger partial charge is 0.489 e. The summed E-state index contributed by atoms with van der Waals surface area (Å²) in [5.41, 5.74) is 1.02. The maximum atomic E-state index is 14.6. The van der Waals surface area contributed by atoms with Gasteiger partial charge in [-0.3, -0.25) is 4.79 Å². The van der Waals surface area contributed by atoms with E-state index in [9.17, 15) is 9.18 Å². The molecule has 2 aliphatic rings. The molecule has 0 aliphatic carbocycles. The zero-order valence-electron chi connectivity index (χ0n) is 19.1. The van der Waals surface area contributed by atoms with Gasteiger partial charge >= 0.3 is 0 Å². The molecule has 0 saturated carbocycles. The van der Waals surface area contributed by atoms with Crippen LogP contribution in [0.25, 0.3) is 0 Å². The van der Waals surface area contributed by atoms with E-state index in [2.05, 4.69) is 27.1 Å². The average molecular weight is 442 g/mol. The molecular formula is C24H32FN5O2. The van der Waals surface area contributed by atoms with Gasteiger partial charge in [-0.1, -0.05) is 19.1 Å². The molecule has 0 spiro atoms. The molecule has 8 heteroatoms. The lowest BCUT2D eigenvalue weighted by Crippen LogP contribution is -2.36. The SMILES string of the molecule is CC(=O)N[C@@H](C)c1ccc(O[C@@H]2CCN(c3nc(N4CCCC(C)C4)ncc3F)C2)cc1. The number of piperidine rings is 1. The average Bonchev–Trinajstić information content (AvgIpc) is 3.22. The van der Waals surface area contributed by atoms with Crippen molar-refractivity contribution in [3.63, 3.8) is 0 Å². The number of hydrogen-bond acceptors (Lipinski definition) is 6. The molecule has 32 heavy (non-hydrogen) atoms. The Labute approximate surface area is 189 Å². The van der Waals surface area contributed by atoms with E-state index in [-0.39, 0.29) is 18.1 Å². The number of halogens is 1. The van der Waals surface area contributed by atoms with Crippen LogP contribution in [-0.2, 0) is 4.79 Å². The first-order valence-corrected chi connectivity index (χ1v) is 11.4. The van der Waals surface area contributed by atoms with Gasteiger partial charge in [0.15, 0.2) is 11.6 Å². The van der Waals surface area contributed by atoms with Crippen LogP contribution in [0.5, 0.6) is 5.75 Å². The Morgan fingerprint density at radius 2 is 1.97 bits per heavy atom. The highest BCUT2D eigenvalue weighted by Gasteiger charge is 2.28. The lowest BCUT2D eigenvalue weighted by Gasteiger charge is -2.31. The molecule has 1 amide bonds. The van der Waals surface area contributed by atoms with Gasteiger partial charge in [-0.2, -0.15) is 4.98 Å². The number of amides is 1. The minimum absolute atomic E-state index is 0.0403. The molecule has 7 nitrogen and oxygen atoms in total. The number of hydrogen-bond donors (Lipinski definition) is 1. The third kappa shape index (κ3) is 5.29. The van der Waals surface area contributed by atoms with Crippen molar-refractivity contribution in [1.82, 2.24) is 15.3 Å². The number of carbonyl (C=O) groups excluding carboxylic acids is 1. The minimum Gasteiger partial charge on any atom is -0.489 e. The predicted molar refractivity (Wildman–Crippen MR) is 123 cm³/mol. The normalized spacial score (nSPS) is 22.0.